The number of ether oxygens (including phenoxy) is 1. The fraction of sp³-hybridized carbons (Fsp3) is 0.250. The van der Waals surface area contributed by atoms with Crippen LogP contribution in [0.5, 0.6) is 5.75 Å². The number of nitrogens with two attached hydrogens (primary N) is 1. The lowest BCUT2D eigenvalue weighted by molar-refractivity contribution is 0.0996. The van der Waals surface area contributed by atoms with Crippen molar-refractivity contribution in [2.24, 2.45) is 5.73 Å². The highest BCUT2D eigenvalue weighted by Gasteiger charge is 2.21. The molecule has 15 heavy (non-hydrogen) atoms. The van der Waals surface area contributed by atoms with Crippen LogP contribution in [0.4, 0.5) is 8.78 Å². The third-order valence-corrected chi connectivity index (χ3v) is 1.76. The van der Waals surface area contributed by atoms with E-state index in [-0.39, 0.29) is 0 Å². The Labute approximate surface area is 82.9 Å². The number of aromatic amines is 1. The summed E-state index contributed by atoms with van der Waals surface area (Å²) in [5, 5.41) is 0. The number of nitrogens with one attached hydrogen (secondary N) is 1. The second-order valence-corrected chi connectivity index (χ2v) is 2.64. The van der Waals surface area contributed by atoms with Gasteiger partial charge in [0, 0.05) is 6.20 Å². The average molecular weight is 218 g/mol. The van der Waals surface area contributed by atoms with Gasteiger partial charge in [-0.15, -0.1) is 0 Å². The van der Waals surface area contributed by atoms with Gasteiger partial charge in [-0.2, -0.15) is 0 Å². The van der Waals surface area contributed by atoms with E-state index in [0.29, 0.717) is 0 Å². The number of H-pyrrole nitrogens is 1. The topological polar surface area (TPSA) is 85.2 Å². The van der Waals surface area contributed by atoms with Crippen LogP contribution in [-0.2, 0) is 0 Å². The van der Waals surface area contributed by atoms with Crippen molar-refractivity contribution in [1.82, 2.24) is 4.98 Å². The molecule has 82 valence electrons. The van der Waals surface area contributed by atoms with Gasteiger partial charge in [0.1, 0.15) is 11.3 Å². The van der Waals surface area contributed by atoms with Crippen molar-refractivity contribution in [2.45, 2.75) is 6.43 Å². The first-order valence-corrected chi connectivity index (χ1v) is 3.86. The van der Waals surface area contributed by atoms with Crippen LogP contribution in [0.25, 0.3) is 0 Å². The van der Waals surface area contributed by atoms with Crippen molar-refractivity contribution in [3.63, 3.8) is 0 Å². The molecule has 0 bridgehead atoms. The first-order chi connectivity index (χ1) is 6.99. The summed E-state index contributed by atoms with van der Waals surface area (Å²) < 4.78 is 29.2. The van der Waals surface area contributed by atoms with Crippen molar-refractivity contribution >= 4 is 5.91 Å². The monoisotopic (exact) mass is 218 g/mol. The van der Waals surface area contributed by atoms with E-state index in [4.69, 9.17) is 5.73 Å². The Morgan fingerprint density at radius 3 is 2.60 bits per heavy atom. The van der Waals surface area contributed by atoms with Crippen LogP contribution in [0.1, 0.15) is 22.5 Å². The predicted molar refractivity (Wildman–Crippen MR) is 47.1 cm³/mol. The van der Waals surface area contributed by atoms with Gasteiger partial charge >= 0.3 is 0 Å². The lowest BCUT2D eigenvalue weighted by atomic mass is 10.2. The van der Waals surface area contributed by atoms with Crippen molar-refractivity contribution in [2.75, 3.05) is 7.11 Å². The fourth-order valence-corrected chi connectivity index (χ4v) is 1.07. The summed E-state index contributed by atoms with van der Waals surface area (Å²) in [7, 11) is 1.06. The summed E-state index contributed by atoms with van der Waals surface area (Å²) in [5.41, 5.74) is 2.82. The molecule has 0 saturated heterocycles. The zero-order valence-electron chi connectivity index (χ0n) is 7.71. The maximum atomic E-state index is 12.4. The molecule has 0 spiro atoms. The highest BCUT2D eigenvalue weighted by molar-refractivity contribution is 5.92. The van der Waals surface area contributed by atoms with Crippen LogP contribution >= 0.6 is 0 Å². The van der Waals surface area contributed by atoms with Crippen molar-refractivity contribution in [1.29, 1.82) is 0 Å². The maximum Gasteiger partial charge on any atom is 0.282 e. The number of primary amides is 1. The van der Waals surface area contributed by atoms with E-state index < -0.39 is 34.8 Å². The fourth-order valence-electron chi connectivity index (χ4n) is 1.07. The molecule has 3 N–H and O–H groups in total. The summed E-state index contributed by atoms with van der Waals surface area (Å²) >= 11 is 0. The molecular weight excluding hydrogens is 210 g/mol. The number of halogens is 2. The SMILES string of the molecule is COc1c(C(F)F)[nH]cc(C(N)=O)c1=O. The molecular formula is C8H8F2N2O3. The van der Waals surface area contributed by atoms with E-state index in [9.17, 15) is 18.4 Å². The van der Waals surface area contributed by atoms with Gasteiger partial charge in [0.25, 0.3) is 12.3 Å². The van der Waals surface area contributed by atoms with E-state index in [1.807, 2.05) is 0 Å². The Hall–Kier alpha value is -1.92. The summed E-state index contributed by atoms with van der Waals surface area (Å²) in [4.78, 5) is 24.2. The molecule has 5 nitrogen and oxygen atoms in total. The van der Waals surface area contributed by atoms with Crippen LogP contribution in [-0.4, -0.2) is 18.0 Å². The summed E-state index contributed by atoms with van der Waals surface area (Å²) in [5.74, 6) is -1.60. The van der Waals surface area contributed by atoms with Gasteiger partial charge in [-0.05, 0) is 0 Å². The van der Waals surface area contributed by atoms with Gasteiger partial charge in [-0.1, -0.05) is 0 Å². The van der Waals surface area contributed by atoms with Crippen LogP contribution < -0.4 is 15.9 Å². The van der Waals surface area contributed by atoms with E-state index in [1.165, 1.54) is 0 Å². The summed E-state index contributed by atoms with van der Waals surface area (Å²) in [6, 6.07) is 0. The molecule has 1 aromatic rings. The molecule has 1 rings (SSSR count). The van der Waals surface area contributed by atoms with E-state index in [0.717, 1.165) is 13.3 Å². The Bertz CT molecular complexity index is 442. The zero-order chi connectivity index (χ0) is 11.6. The van der Waals surface area contributed by atoms with E-state index in [2.05, 4.69) is 9.72 Å². The second kappa shape index (κ2) is 4.07. The quantitative estimate of drug-likeness (QED) is 0.770. The first kappa shape index (κ1) is 11.2. The third-order valence-electron chi connectivity index (χ3n) is 1.76. The number of hydrogen-bond donors (Lipinski definition) is 2. The standard InChI is InChI=1S/C8H8F2N2O3/c1-15-6-4(7(9)10)12-2-3(5(6)13)8(11)14/h2,7H,1H3,(H2,11,14)(H,12,13). The zero-order valence-corrected chi connectivity index (χ0v) is 7.71. The molecule has 7 heteroatoms. The molecule has 0 radical (unpaired) electrons. The predicted octanol–water partition coefficient (Wildman–Crippen LogP) is 0.420. The Kier molecular flexibility index (Phi) is 3.03. The highest BCUT2D eigenvalue weighted by Crippen LogP contribution is 2.23. The number of methoxy groups -OCH3 is 1. The molecule has 1 aromatic heterocycles. The van der Waals surface area contributed by atoms with Gasteiger partial charge in [-0.25, -0.2) is 8.78 Å². The largest absolute Gasteiger partial charge is 0.491 e. The molecule has 0 aliphatic heterocycles. The minimum Gasteiger partial charge on any atom is -0.491 e. The summed E-state index contributed by atoms with van der Waals surface area (Å²) in [6.45, 7) is 0. The molecule has 0 aliphatic rings. The lowest BCUT2D eigenvalue weighted by Gasteiger charge is -2.07. The molecule has 0 saturated carbocycles. The number of aromatic nitrogens is 1. The number of alkyl halides is 2. The molecule has 0 atom stereocenters. The number of rotatable bonds is 3. The first-order valence-electron chi connectivity index (χ1n) is 3.86. The average Bonchev–Trinajstić information content (AvgIpc) is 2.16. The van der Waals surface area contributed by atoms with Crippen molar-refractivity contribution < 1.29 is 18.3 Å². The Morgan fingerprint density at radius 1 is 1.60 bits per heavy atom. The van der Waals surface area contributed by atoms with E-state index in [1.54, 1.807) is 0 Å². The van der Waals surface area contributed by atoms with Crippen LogP contribution in [0.2, 0.25) is 0 Å². The van der Waals surface area contributed by atoms with Gasteiger partial charge in [0.2, 0.25) is 5.43 Å². The van der Waals surface area contributed by atoms with Gasteiger partial charge in [0.15, 0.2) is 5.75 Å². The van der Waals surface area contributed by atoms with Crippen LogP contribution in [0.15, 0.2) is 11.0 Å². The van der Waals surface area contributed by atoms with E-state index >= 15 is 0 Å². The Morgan fingerprint density at radius 2 is 2.20 bits per heavy atom. The van der Waals surface area contributed by atoms with Crippen LogP contribution in [0.3, 0.4) is 0 Å². The molecule has 1 amide bonds. The molecule has 1 heterocycles. The molecule has 0 fully saturated rings. The lowest BCUT2D eigenvalue weighted by Crippen LogP contribution is -2.24. The van der Waals surface area contributed by atoms with Crippen LogP contribution in [0, 0.1) is 0 Å². The van der Waals surface area contributed by atoms with Gasteiger partial charge in [0.05, 0.1) is 7.11 Å². The van der Waals surface area contributed by atoms with Gasteiger partial charge < -0.3 is 15.5 Å². The number of amides is 1. The molecule has 0 aliphatic carbocycles. The second-order valence-electron chi connectivity index (χ2n) is 2.64. The van der Waals surface area contributed by atoms with Crippen molar-refractivity contribution in [3.05, 3.63) is 27.7 Å². The normalized spacial score (nSPS) is 10.4. The number of carbonyl (C=O) groups is 1. The molecule has 0 unspecified atom stereocenters. The third kappa shape index (κ3) is 1.95. The number of pyridine rings is 1. The number of hydrogen-bond acceptors (Lipinski definition) is 3. The van der Waals surface area contributed by atoms with Crippen molar-refractivity contribution in [3.8, 4) is 5.75 Å². The highest BCUT2D eigenvalue weighted by atomic mass is 19.3. The Balaban J connectivity index is 3.46. The van der Waals surface area contributed by atoms with Gasteiger partial charge in [-0.3, -0.25) is 9.59 Å². The number of carbonyl (C=O) groups excluding carboxylic acids is 1. The molecule has 0 aromatic carbocycles. The maximum absolute atomic E-state index is 12.4. The minimum absolute atomic E-state index is 0.420. The smallest absolute Gasteiger partial charge is 0.282 e. The minimum atomic E-state index is -2.89. The summed E-state index contributed by atoms with van der Waals surface area (Å²) in [6.07, 6.45) is -2.05.